The molecule has 0 bridgehead atoms. The normalized spacial score (nSPS) is 12.0. The van der Waals surface area contributed by atoms with Gasteiger partial charge < -0.3 is 19.9 Å². The number of methoxy groups -OCH3 is 2. The van der Waals surface area contributed by atoms with Crippen LogP contribution in [0.15, 0.2) is 36.4 Å². The van der Waals surface area contributed by atoms with Gasteiger partial charge >= 0.3 is 0 Å². The number of benzene rings is 2. The van der Waals surface area contributed by atoms with Crippen molar-refractivity contribution in [1.82, 2.24) is 0 Å². The summed E-state index contributed by atoms with van der Waals surface area (Å²) in [5.74, 6) is 2.42. The van der Waals surface area contributed by atoms with Gasteiger partial charge in [-0.05, 0) is 55.6 Å². The van der Waals surface area contributed by atoms with Gasteiger partial charge in [-0.2, -0.15) is 0 Å². The lowest BCUT2D eigenvalue weighted by Gasteiger charge is -2.18. The summed E-state index contributed by atoms with van der Waals surface area (Å²) in [6.07, 6.45) is 1.73. The smallest absolute Gasteiger partial charge is 0.134 e. The van der Waals surface area contributed by atoms with E-state index in [1.807, 2.05) is 25.1 Å². The molecular formula is C20H27NO3. The molecule has 0 aliphatic heterocycles. The zero-order chi connectivity index (χ0) is 17.5. The van der Waals surface area contributed by atoms with E-state index in [0.717, 1.165) is 46.8 Å². The van der Waals surface area contributed by atoms with Crippen LogP contribution < -0.4 is 15.2 Å². The van der Waals surface area contributed by atoms with Gasteiger partial charge in [0.2, 0.25) is 0 Å². The lowest BCUT2D eigenvalue weighted by molar-refractivity contribution is 0.0998. The third kappa shape index (κ3) is 4.08. The first-order valence-electron chi connectivity index (χ1n) is 8.31. The van der Waals surface area contributed by atoms with Crippen LogP contribution in [0.2, 0.25) is 0 Å². The van der Waals surface area contributed by atoms with Crippen molar-refractivity contribution >= 4 is 0 Å². The highest BCUT2D eigenvalue weighted by molar-refractivity contribution is 5.48. The highest BCUT2D eigenvalue weighted by Crippen LogP contribution is 2.34. The van der Waals surface area contributed by atoms with Crippen molar-refractivity contribution in [3.63, 3.8) is 0 Å². The molecule has 0 heterocycles. The Morgan fingerprint density at radius 2 is 1.79 bits per heavy atom. The molecule has 0 aliphatic rings. The molecule has 0 spiro atoms. The minimum Gasteiger partial charge on any atom is -0.496 e. The Morgan fingerprint density at radius 1 is 1.04 bits per heavy atom. The van der Waals surface area contributed by atoms with Crippen molar-refractivity contribution in [1.29, 1.82) is 0 Å². The molecule has 0 aromatic heterocycles. The third-order valence-electron chi connectivity index (χ3n) is 4.21. The molecule has 0 amide bonds. The number of rotatable bonds is 8. The van der Waals surface area contributed by atoms with E-state index in [1.165, 1.54) is 0 Å². The van der Waals surface area contributed by atoms with E-state index in [9.17, 15) is 0 Å². The van der Waals surface area contributed by atoms with Gasteiger partial charge in [-0.15, -0.1) is 0 Å². The molecule has 0 aliphatic carbocycles. The van der Waals surface area contributed by atoms with E-state index in [2.05, 4.69) is 25.1 Å². The molecule has 0 saturated heterocycles. The van der Waals surface area contributed by atoms with Gasteiger partial charge in [0.1, 0.15) is 17.2 Å². The number of hydrogen-bond acceptors (Lipinski definition) is 4. The molecular weight excluding hydrogens is 302 g/mol. The first-order chi connectivity index (χ1) is 11.6. The monoisotopic (exact) mass is 329 g/mol. The average molecular weight is 329 g/mol. The maximum absolute atomic E-state index is 6.22. The van der Waals surface area contributed by atoms with E-state index in [1.54, 1.807) is 14.2 Å². The van der Waals surface area contributed by atoms with Crippen molar-refractivity contribution in [3.8, 4) is 17.2 Å². The van der Waals surface area contributed by atoms with Crippen LogP contribution in [0.5, 0.6) is 17.2 Å². The number of ether oxygens (including phenoxy) is 3. The molecule has 0 radical (unpaired) electrons. The predicted molar refractivity (Wildman–Crippen MR) is 97.0 cm³/mol. The van der Waals surface area contributed by atoms with Crippen molar-refractivity contribution in [2.75, 3.05) is 20.8 Å². The Kier molecular flexibility index (Phi) is 6.64. The van der Waals surface area contributed by atoms with Crippen LogP contribution >= 0.6 is 0 Å². The van der Waals surface area contributed by atoms with Crippen LogP contribution in [0.3, 0.4) is 0 Å². The van der Waals surface area contributed by atoms with E-state index in [4.69, 9.17) is 19.9 Å². The van der Waals surface area contributed by atoms with Gasteiger partial charge in [-0.1, -0.05) is 25.1 Å². The molecule has 24 heavy (non-hydrogen) atoms. The molecule has 4 heteroatoms. The molecule has 2 aromatic carbocycles. The second-order valence-electron chi connectivity index (χ2n) is 5.72. The van der Waals surface area contributed by atoms with Gasteiger partial charge in [0.05, 0.1) is 13.2 Å². The quantitative estimate of drug-likeness (QED) is 0.780. The van der Waals surface area contributed by atoms with Gasteiger partial charge in [0.15, 0.2) is 0 Å². The summed E-state index contributed by atoms with van der Waals surface area (Å²) in [6, 6.07) is 12.0. The highest BCUT2D eigenvalue weighted by Gasteiger charge is 2.14. The van der Waals surface area contributed by atoms with Crippen molar-refractivity contribution in [2.45, 2.75) is 32.8 Å². The Labute approximate surface area is 144 Å². The predicted octanol–water partition coefficient (Wildman–Crippen LogP) is 4.39. The summed E-state index contributed by atoms with van der Waals surface area (Å²) in [5.41, 5.74) is 8.92. The summed E-state index contributed by atoms with van der Waals surface area (Å²) in [6.45, 7) is 4.67. The standard InChI is InChI=1S/C20H27NO3/c1-5-17(22-3)16-10-9-15(11-12-21)20(13-16)24-19-8-6-7-18(23-4)14(19)2/h6-10,13,17H,5,11-12,21H2,1-4H3. The zero-order valence-corrected chi connectivity index (χ0v) is 15.0. The maximum Gasteiger partial charge on any atom is 0.134 e. The lowest BCUT2D eigenvalue weighted by atomic mass is 10.0. The van der Waals surface area contributed by atoms with Crippen LogP contribution in [0.25, 0.3) is 0 Å². The van der Waals surface area contributed by atoms with Crippen LogP contribution in [0.4, 0.5) is 0 Å². The summed E-state index contributed by atoms with van der Waals surface area (Å²) in [5, 5.41) is 0. The van der Waals surface area contributed by atoms with Crippen molar-refractivity contribution < 1.29 is 14.2 Å². The Morgan fingerprint density at radius 3 is 2.42 bits per heavy atom. The summed E-state index contributed by atoms with van der Waals surface area (Å²) >= 11 is 0. The fourth-order valence-electron chi connectivity index (χ4n) is 2.81. The molecule has 4 nitrogen and oxygen atoms in total. The molecule has 130 valence electrons. The Balaban J connectivity index is 2.41. The molecule has 2 aromatic rings. The van der Waals surface area contributed by atoms with Crippen molar-refractivity contribution in [3.05, 3.63) is 53.1 Å². The lowest BCUT2D eigenvalue weighted by Crippen LogP contribution is -2.06. The van der Waals surface area contributed by atoms with Gasteiger partial charge in [-0.3, -0.25) is 0 Å². The van der Waals surface area contributed by atoms with Crippen LogP contribution in [0, 0.1) is 6.92 Å². The maximum atomic E-state index is 6.22. The largest absolute Gasteiger partial charge is 0.496 e. The van der Waals surface area contributed by atoms with Crippen LogP contribution in [-0.2, 0) is 11.2 Å². The fraction of sp³-hybridized carbons (Fsp3) is 0.400. The minimum atomic E-state index is 0.0608. The molecule has 1 atom stereocenters. The number of hydrogen-bond donors (Lipinski definition) is 1. The van der Waals surface area contributed by atoms with Gasteiger partial charge in [0.25, 0.3) is 0 Å². The first kappa shape index (κ1) is 18.3. The second kappa shape index (κ2) is 8.71. The molecule has 1 unspecified atom stereocenters. The Bertz CT molecular complexity index is 666. The van der Waals surface area contributed by atoms with E-state index in [-0.39, 0.29) is 6.10 Å². The average Bonchev–Trinajstić information content (AvgIpc) is 2.60. The van der Waals surface area contributed by atoms with E-state index < -0.39 is 0 Å². The summed E-state index contributed by atoms with van der Waals surface area (Å²) < 4.78 is 17.2. The van der Waals surface area contributed by atoms with Gasteiger partial charge in [-0.25, -0.2) is 0 Å². The molecule has 2 rings (SSSR count). The summed E-state index contributed by atoms with van der Waals surface area (Å²) in [7, 11) is 3.39. The van der Waals surface area contributed by atoms with Gasteiger partial charge in [0, 0.05) is 12.7 Å². The zero-order valence-electron chi connectivity index (χ0n) is 15.0. The van der Waals surface area contributed by atoms with E-state index >= 15 is 0 Å². The molecule has 2 N–H and O–H groups in total. The highest BCUT2D eigenvalue weighted by atomic mass is 16.5. The molecule has 0 saturated carbocycles. The minimum absolute atomic E-state index is 0.0608. The van der Waals surface area contributed by atoms with Crippen LogP contribution in [0.1, 0.15) is 36.1 Å². The Hall–Kier alpha value is -2.04. The third-order valence-corrected chi connectivity index (χ3v) is 4.21. The van der Waals surface area contributed by atoms with Crippen LogP contribution in [-0.4, -0.2) is 20.8 Å². The fourth-order valence-corrected chi connectivity index (χ4v) is 2.81. The second-order valence-corrected chi connectivity index (χ2v) is 5.72. The number of nitrogens with two attached hydrogens (primary N) is 1. The molecule has 0 fully saturated rings. The van der Waals surface area contributed by atoms with E-state index in [0.29, 0.717) is 6.54 Å². The first-order valence-corrected chi connectivity index (χ1v) is 8.31. The van der Waals surface area contributed by atoms with Crippen molar-refractivity contribution in [2.24, 2.45) is 5.73 Å². The SMILES string of the molecule is CCC(OC)c1ccc(CCN)c(Oc2cccc(OC)c2C)c1. The topological polar surface area (TPSA) is 53.7 Å². The summed E-state index contributed by atoms with van der Waals surface area (Å²) in [4.78, 5) is 0.